The van der Waals surface area contributed by atoms with Gasteiger partial charge in [-0.25, -0.2) is 4.79 Å². The minimum Gasteiger partial charge on any atom is -0.396 e. The summed E-state index contributed by atoms with van der Waals surface area (Å²) in [5.74, 6) is -0.338. The highest BCUT2D eigenvalue weighted by molar-refractivity contribution is 5.93. The number of hydrogen-bond donors (Lipinski definition) is 1. The average Bonchev–Trinajstić information content (AvgIpc) is 2.37. The number of carbonyl (C=O) groups excluding carboxylic acids is 1. The maximum absolute atomic E-state index is 11.9. The Morgan fingerprint density at radius 3 is 2.42 bits per heavy atom. The second kappa shape index (κ2) is 7.04. The van der Waals surface area contributed by atoms with Gasteiger partial charge in [-0.2, -0.15) is 0 Å². The Kier molecular flexibility index (Phi) is 5.69. The highest BCUT2D eigenvalue weighted by atomic mass is 16.3. The summed E-state index contributed by atoms with van der Waals surface area (Å²) in [6.45, 7) is 1.96. The van der Waals surface area contributed by atoms with Crippen LogP contribution >= 0.6 is 0 Å². The molecule has 0 aromatic carbocycles. The first-order valence-corrected chi connectivity index (χ1v) is 6.41. The first kappa shape index (κ1) is 15.4. The quantitative estimate of drug-likeness (QED) is 0.569. The SMILES string of the molecule is CC(=O)c1cn(CCCCCCO)c(=O)n(C)c1=O. The summed E-state index contributed by atoms with van der Waals surface area (Å²) in [5, 5.41) is 8.66. The summed E-state index contributed by atoms with van der Waals surface area (Å²) < 4.78 is 2.36. The van der Waals surface area contributed by atoms with Crippen LogP contribution in [0.4, 0.5) is 0 Å². The highest BCUT2D eigenvalue weighted by Crippen LogP contribution is 2.01. The molecule has 1 aromatic heterocycles. The maximum Gasteiger partial charge on any atom is 0.330 e. The van der Waals surface area contributed by atoms with Crippen LogP contribution in [0.1, 0.15) is 43.0 Å². The Morgan fingerprint density at radius 1 is 1.21 bits per heavy atom. The van der Waals surface area contributed by atoms with Crippen molar-refractivity contribution in [3.63, 3.8) is 0 Å². The fraction of sp³-hybridized carbons (Fsp3) is 0.615. The number of carbonyl (C=O) groups is 1. The Labute approximate surface area is 111 Å². The zero-order valence-electron chi connectivity index (χ0n) is 11.4. The van der Waals surface area contributed by atoms with Crippen LogP contribution in [0, 0.1) is 0 Å². The minimum atomic E-state index is -0.547. The molecular formula is C13H20N2O4. The lowest BCUT2D eigenvalue weighted by Gasteiger charge is -2.09. The van der Waals surface area contributed by atoms with Crippen molar-refractivity contribution in [2.75, 3.05) is 6.61 Å². The van der Waals surface area contributed by atoms with Gasteiger partial charge in [0.05, 0.1) is 5.56 Å². The van der Waals surface area contributed by atoms with Gasteiger partial charge >= 0.3 is 5.69 Å². The molecule has 0 unspecified atom stereocenters. The molecule has 0 fully saturated rings. The Bertz CT molecular complexity index is 557. The zero-order valence-corrected chi connectivity index (χ0v) is 11.4. The van der Waals surface area contributed by atoms with Crippen LogP contribution in [0.5, 0.6) is 0 Å². The van der Waals surface area contributed by atoms with Gasteiger partial charge in [0.25, 0.3) is 5.56 Å². The van der Waals surface area contributed by atoms with Gasteiger partial charge in [0.15, 0.2) is 5.78 Å². The zero-order chi connectivity index (χ0) is 14.4. The largest absolute Gasteiger partial charge is 0.396 e. The molecule has 0 saturated heterocycles. The number of unbranched alkanes of at least 4 members (excludes halogenated alkanes) is 3. The van der Waals surface area contributed by atoms with E-state index in [0.29, 0.717) is 6.54 Å². The van der Waals surface area contributed by atoms with Crippen LogP contribution in [0.15, 0.2) is 15.8 Å². The van der Waals surface area contributed by atoms with Crippen molar-refractivity contribution in [3.8, 4) is 0 Å². The molecular weight excluding hydrogens is 248 g/mol. The molecule has 0 aliphatic rings. The van der Waals surface area contributed by atoms with Crippen LogP contribution in [0.3, 0.4) is 0 Å². The average molecular weight is 268 g/mol. The third-order valence-corrected chi connectivity index (χ3v) is 3.04. The van der Waals surface area contributed by atoms with Crippen LogP contribution < -0.4 is 11.2 Å². The Balaban J connectivity index is 2.87. The number of aliphatic hydroxyl groups excluding tert-OH is 1. The lowest BCUT2D eigenvalue weighted by atomic mass is 10.2. The second-order valence-electron chi connectivity index (χ2n) is 4.58. The first-order chi connectivity index (χ1) is 8.99. The van der Waals surface area contributed by atoms with E-state index in [1.807, 2.05) is 0 Å². The summed E-state index contributed by atoms with van der Waals surface area (Å²) in [6, 6.07) is 0. The van der Waals surface area contributed by atoms with Crippen LogP contribution in [0.25, 0.3) is 0 Å². The first-order valence-electron chi connectivity index (χ1n) is 6.41. The van der Waals surface area contributed by atoms with Gasteiger partial charge in [-0.15, -0.1) is 0 Å². The molecule has 0 aliphatic carbocycles. The summed E-state index contributed by atoms with van der Waals surface area (Å²) in [7, 11) is 1.37. The van der Waals surface area contributed by atoms with E-state index in [1.54, 1.807) is 0 Å². The molecule has 6 heteroatoms. The molecule has 19 heavy (non-hydrogen) atoms. The van der Waals surface area contributed by atoms with E-state index in [1.165, 1.54) is 24.7 Å². The van der Waals surface area contributed by atoms with E-state index in [2.05, 4.69) is 0 Å². The molecule has 0 atom stereocenters. The normalized spacial score (nSPS) is 10.7. The van der Waals surface area contributed by atoms with Crippen molar-refractivity contribution in [3.05, 3.63) is 32.6 Å². The minimum absolute atomic E-state index is 0.0393. The summed E-state index contributed by atoms with van der Waals surface area (Å²) in [6.07, 6.45) is 4.66. The number of nitrogens with zero attached hydrogens (tertiary/aromatic N) is 2. The van der Waals surface area contributed by atoms with Gasteiger partial charge in [-0.1, -0.05) is 12.8 Å². The Morgan fingerprint density at radius 2 is 1.84 bits per heavy atom. The fourth-order valence-electron chi connectivity index (χ4n) is 1.88. The summed E-state index contributed by atoms with van der Waals surface area (Å²) in [4.78, 5) is 34.9. The van der Waals surface area contributed by atoms with Crippen LogP contribution in [-0.4, -0.2) is 26.6 Å². The van der Waals surface area contributed by atoms with Crippen molar-refractivity contribution in [1.29, 1.82) is 0 Å². The lowest BCUT2D eigenvalue weighted by molar-refractivity contribution is 0.101. The maximum atomic E-state index is 11.9. The van der Waals surface area contributed by atoms with Gasteiger partial charge in [0.2, 0.25) is 0 Å². The van der Waals surface area contributed by atoms with E-state index in [4.69, 9.17) is 5.11 Å². The topological polar surface area (TPSA) is 81.3 Å². The molecule has 0 amide bonds. The molecule has 0 spiro atoms. The standard InChI is InChI=1S/C13H20N2O4/c1-10(17)11-9-15(7-5-3-4-6-8-16)13(19)14(2)12(11)18/h9,16H,3-8H2,1-2H3. The number of hydrogen-bond acceptors (Lipinski definition) is 4. The lowest BCUT2D eigenvalue weighted by Crippen LogP contribution is -2.40. The number of ketones is 1. The molecule has 106 valence electrons. The van der Waals surface area contributed by atoms with Crippen molar-refractivity contribution in [1.82, 2.24) is 9.13 Å². The summed E-state index contributed by atoms with van der Waals surface area (Å²) >= 11 is 0. The van der Waals surface area contributed by atoms with E-state index in [9.17, 15) is 14.4 Å². The van der Waals surface area contributed by atoms with Gasteiger partial charge in [0, 0.05) is 26.4 Å². The molecule has 1 rings (SSSR count). The van der Waals surface area contributed by atoms with Crippen LogP contribution in [-0.2, 0) is 13.6 Å². The molecule has 0 bridgehead atoms. The number of rotatable bonds is 7. The third kappa shape index (κ3) is 3.89. The van der Waals surface area contributed by atoms with E-state index < -0.39 is 11.2 Å². The number of aromatic nitrogens is 2. The van der Waals surface area contributed by atoms with Gasteiger partial charge < -0.3 is 5.11 Å². The number of Topliss-reactive ketones (excluding diaryl/α,β-unsaturated/α-hetero) is 1. The summed E-state index contributed by atoms with van der Waals surface area (Å²) in [5.41, 5.74) is -0.913. The van der Waals surface area contributed by atoms with Crippen molar-refractivity contribution >= 4 is 5.78 Å². The van der Waals surface area contributed by atoms with Crippen LogP contribution in [0.2, 0.25) is 0 Å². The second-order valence-corrected chi connectivity index (χ2v) is 4.58. The van der Waals surface area contributed by atoms with Gasteiger partial charge in [-0.05, 0) is 19.8 Å². The molecule has 1 N–H and O–H groups in total. The highest BCUT2D eigenvalue weighted by Gasteiger charge is 2.11. The molecule has 0 saturated carbocycles. The molecule has 0 aliphatic heterocycles. The molecule has 1 heterocycles. The van der Waals surface area contributed by atoms with Crippen molar-refractivity contribution in [2.45, 2.75) is 39.2 Å². The predicted molar refractivity (Wildman–Crippen MR) is 71.5 cm³/mol. The fourth-order valence-corrected chi connectivity index (χ4v) is 1.88. The van der Waals surface area contributed by atoms with Crippen molar-refractivity contribution < 1.29 is 9.90 Å². The smallest absolute Gasteiger partial charge is 0.330 e. The Hall–Kier alpha value is -1.69. The van der Waals surface area contributed by atoms with Gasteiger partial charge in [0.1, 0.15) is 0 Å². The molecule has 0 radical (unpaired) electrons. The molecule has 1 aromatic rings. The number of aryl methyl sites for hydroxylation is 1. The monoisotopic (exact) mass is 268 g/mol. The van der Waals surface area contributed by atoms with E-state index >= 15 is 0 Å². The van der Waals surface area contributed by atoms with E-state index in [0.717, 1.165) is 30.3 Å². The number of aliphatic hydroxyl groups is 1. The predicted octanol–water partition coefficient (Wildman–Crippen LogP) is 0.302. The van der Waals surface area contributed by atoms with Gasteiger partial charge in [-0.3, -0.25) is 18.7 Å². The molecule has 6 nitrogen and oxygen atoms in total. The van der Waals surface area contributed by atoms with Crippen molar-refractivity contribution in [2.24, 2.45) is 7.05 Å². The van der Waals surface area contributed by atoms with E-state index in [-0.39, 0.29) is 18.0 Å². The third-order valence-electron chi connectivity index (χ3n) is 3.04.